The van der Waals surface area contributed by atoms with Gasteiger partial charge in [0.1, 0.15) is 0 Å². The number of hydrogen-bond acceptors (Lipinski definition) is 3. The Hall–Kier alpha value is -1.09. The van der Waals surface area contributed by atoms with Crippen molar-refractivity contribution in [3.8, 4) is 0 Å². The predicted octanol–water partition coefficient (Wildman–Crippen LogP) is 2.50. The number of rotatable bonds is 1. The molecule has 2 heterocycles. The van der Waals surface area contributed by atoms with Crippen LogP contribution in [0.15, 0.2) is 18.5 Å². The maximum absolute atomic E-state index is 4.29. The average Bonchev–Trinajstić information content (AvgIpc) is 2.40. The Bertz CT molecular complexity index is 404. The van der Waals surface area contributed by atoms with E-state index in [-0.39, 0.29) is 0 Å². The zero-order valence-electron chi connectivity index (χ0n) is 11.3. The molecule has 1 N–H and O–H groups in total. The van der Waals surface area contributed by atoms with Crippen LogP contribution in [0.2, 0.25) is 0 Å². The van der Waals surface area contributed by atoms with E-state index in [1.165, 1.54) is 43.4 Å². The summed E-state index contributed by atoms with van der Waals surface area (Å²) in [6.45, 7) is 5.55. The van der Waals surface area contributed by atoms with E-state index in [9.17, 15) is 0 Å². The van der Waals surface area contributed by atoms with E-state index in [4.69, 9.17) is 0 Å². The summed E-state index contributed by atoms with van der Waals surface area (Å²) in [5.74, 6) is 0. The summed E-state index contributed by atoms with van der Waals surface area (Å²) in [6.07, 6.45) is 10.8. The van der Waals surface area contributed by atoms with Gasteiger partial charge in [-0.1, -0.05) is 19.3 Å². The number of aromatic nitrogens is 1. The van der Waals surface area contributed by atoms with Crippen LogP contribution in [-0.2, 0) is 0 Å². The molecule has 98 valence electrons. The minimum absolute atomic E-state index is 0.374. The molecular formula is C15H23N3. The fourth-order valence-electron chi connectivity index (χ4n) is 3.51. The minimum atomic E-state index is 0.374. The van der Waals surface area contributed by atoms with Crippen molar-refractivity contribution in [3.63, 3.8) is 0 Å². The van der Waals surface area contributed by atoms with E-state index in [2.05, 4.69) is 28.2 Å². The van der Waals surface area contributed by atoms with Crippen molar-refractivity contribution >= 4 is 5.69 Å². The Balaban J connectivity index is 1.80. The molecule has 1 saturated heterocycles. The molecule has 1 aromatic heterocycles. The van der Waals surface area contributed by atoms with E-state index < -0.39 is 0 Å². The van der Waals surface area contributed by atoms with Crippen LogP contribution in [0.25, 0.3) is 0 Å². The van der Waals surface area contributed by atoms with Gasteiger partial charge >= 0.3 is 0 Å². The lowest BCUT2D eigenvalue weighted by atomic mass is 9.80. The van der Waals surface area contributed by atoms with Gasteiger partial charge in [-0.25, -0.2) is 0 Å². The van der Waals surface area contributed by atoms with Crippen molar-refractivity contribution in [1.29, 1.82) is 0 Å². The number of pyridine rings is 1. The first kappa shape index (κ1) is 12.0. The van der Waals surface area contributed by atoms with Gasteiger partial charge in [0, 0.05) is 31.4 Å². The lowest BCUT2D eigenvalue weighted by Crippen LogP contribution is -2.61. The number of hydrogen-bond donors (Lipinski definition) is 1. The molecule has 1 aliphatic heterocycles. The summed E-state index contributed by atoms with van der Waals surface area (Å²) in [5.41, 5.74) is 3.04. The lowest BCUT2D eigenvalue weighted by Gasteiger charge is -2.47. The maximum atomic E-state index is 4.29. The van der Waals surface area contributed by atoms with Crippen molar-refractivity contribution in [2.24, 2.45) is 0 Å². The van der Waals surface area contributed by atoms with E-state index in [0.717, 1.165) is 19.6 Å². The van der Waals surface area contributed by atoms with E-state index in [0.29, 0.717) is 5.54 Å². The first-order chi connectivity index (χ1) is 8.79. The Morgan fingerprint density at radius 2 is 2.11 bits per heavy atom. The van der Waals surface area contributed by atoms with Crippen molar-refractivity contribution in [1.82, 2.24) is 10.3 Å². The molecule has 0 bridgehead atoms. The quantitative estimate of drug-likeness (QED) is 0.824. The Morgan fingerprint density at radius 3 is 2.89 bits per heavy atom. The van der Waals surface area contributed by atoms with Crippen LogP contribution in [0.1, 0.15) is 37.7 Å². The Labute approximate surface area is 110 Å². The topological polar surface area (TPSA) is 28.2 Å². The van der Waals surface area contributed by atoms with Crippen LogP contribution in [0.5, 0.6) is 0 Å². The second-order valence-electron chi connectivity index (χ2n) is 5.85. The van der Waals surface area contributed by atoms with Crippen LogP contribution < -0.4 is 10.2 Å². The van der Waals surface area contributed by atoms with Crippen molar-refractivity contribution < 1.29 is 0 Å². The molecule has 0 aromatic carbocycles. The number of piperazine rings is 1. The largest absolute Gasteiger partial charge is 0.367 e. The summed E-state index contributed by atoms with van der Waals surface area (Å²) >= 11 is 0. The zero-order chi connectivity index (χ0) is 12.4. The zero-order valence-corrected chi connectivity index (χ0v) is 11.3. The summed E-state index contributed by atoms with van der Waals surface area (Å²) in [7, 11) is 0. The Morgan fingerprint density at radius 1 is 1.28 bits per heavy atom. The highest BCUT2D eigenvalue weighted by molar-refractivity contribution is 5.51. The van der Waals surface area contributed by atoms with Crippen LogP contribution in [-0.4, -0.2) is 30.2 Å². The third-order valence-corrected chi connectivity index (χ3v) is 4.54. The molecule has 3 rings (SSSR count). The molecule has 1 spiro atoms. The minimum Gasteiger partial charge on any atom is -0.367 e. The van der Waals surface area contributed by atoms with Gasteiger partial charge in [-0.2, -0.15) is 0 Å². The molecule has 2 fully saturated rings. The molecule has 1 saturated carbocycles. The standard InChI is InChI=1S/C15H23N3/c1-13-5-8-16-11-14(13)18-10-9-17-15(12-18)6-3-2-4-7-15/h5,8,11,17H,2-4,6-7,9-10,12H2,1H3. The van der Waals surface area contributed by atoms with Gasteiger partial charge in [0.15, 0.2) is 0 Å². The first-order valence-corrected chi connectivity index (χ1v) is 7.20. The molecule has 18 heavy (non-hydrogen) atoms. The lowest BCUT2D eigenvalue weighted by molar-refractivity contribution is 0.216. The second-order valence-corrected chi connectivity index (χ2v) is 5.85. The second kappa shape index (κ2) is 4.88. The number of nitrogens with one attached hydrogen (secondary N) is 1. The fourth-order valence-corrected chi connectivity index (χ4v) is 3.51. The van der Waals surface area contributed by atoms with E-state index >= 15 is 0 Å². The molecular weight excluding hydrogens is 222 g/mol. The van der Waals surface area contributed by atoms with Crippen molar-refractivity contribution in [3.05, 3.63) is 24.0 Å². The number of anilines is 1. The maximum Gasteiger partial charge on any atom is 0.0583 e. The van der Waals surface area contributed by atoms with Gasteiger partial charge < -0.3 is 10.2 Å². The molecule has 2 aliphatic rings. The first-order valence-electron chi connectivity index (χ1n) is 7.20. The van der Waals surface area contributed by atoms with Crippen molar-refractivity contribution in [2.45, 2.75) is 44.6 Å². The number of aryl methyl sites for hydroxylation is 1. The SMILES string of the molecule is Cc1ccncc1N1CCNC2(CCCCC2)C1. The van der Waals surface area contributed by atoms with Crippen LogP contribution >= 0.6 is 0 Å². The monoisotopic (exact) mass is 245 g/mol. The summed E-state index contributed by atoms with van der Waals surface area (Å²) in [6, 6.07) is 2.12. The highest BCUT2D eigenvalue weighted by Crippen LogP contribution is 2.32. The number of nitrogens with zero attached hydrogens (tertiary/aromatic N) is 2. The van der Waals surface area contributed by atoms with Crippen molar-refractivity contribution in [2.75, 3.05) is 24.5 Å². The summed E-state index contributed by atoms with van der Waals surface area (Å²) in [5, 5.41) is 3.79. The van der Waals surface area contributed by atoms with Gasteiger partial charge in [-0.15, -0.1) is 0 Å². The van der Waals surface area contributed by atoms with E-state index in [1.54, 1.807) is 0 Å². The van der Waals surface area contributed by atoms with Gasteiger partial charge in [-0.3, -0.25) is 4.98 Å². The summed E-state index contributed by atoms with van der Waals surface area (Å²) < 4.78 is 0. The van der Waals surface area contributed by atoms with E-state index in [1.807, 2.05) is 12.4 Å². The normalized spacial score (nSPS) is 23.3. The van der Waals surface area contributed by atoms with Gasteiger partial charge in [-0.05, 0) is 31.4 Å². The molecule has 3 heteroatoms. The average molecular weight is 245 g/mol. The molecule has 0 amide bonds. The molecule has 0 atom stereocenters. The van der Waals surface area contributed by atoms with Gasteiger partial charge in [0.05, 0.1) is 11.9 Å². The molecule has 0 radical (unpaired) electrons. The molecule has 3 nitrogen and oxygen atoms in total. The van der Waals surface area contributed by atoms with Crippen LogP contribution in [0.4, 0.5) is 5.69 Å². The van der Waals surface area contributed by atoms with Crippen LogP contribution in [0.3, 0.4) is 0 Å². The highest BCUT2D eigenvalue weighted by Gasteiger charge is 2.36. The third-order valence-electron chi connectivity index (χ3n) is 4.54. The van der Waals surface area contributed by atoms with Gasteiger partial charge in [0.2, 0.25) is 0 Å². The highest BCUT2D eigenvalue weighted by atomic mass is 15.2. The smallest absolute Gasteiger partial charge is 0.0583 e. The van der Waals surface area contributed by atoms with Crippen LogP contribution in [0, 0.1) is 6.92 Å². The Kier molecular flexibility index (Phi) is 3.25. The summed E-state index contributed by atoms with van der Waals surface area (Å²) in [4.78, 5) is 6.82. The van der Waals surface area contributed by atoms with Gasteiger partial charge in [0.25, 0.3) is 0 Å². The fraction of sp³-hybridized carbons (Fsp3) is 0.667. The third kappa shape index (κ3) is 2.24. The molecule has 1 aliphatic carbocycles. The predicted molar refractivity (Wildman–Crippen MR) is 75.0 cm³/mol. The molecule has 0 unspecified atom stereocenters. The molecule has 1 aromatic rings.